The van der Waals surface area contributed by atoms with Crippen LogP contribution in [0.15, 0.2) is 68.9 Å². The second kappa shape index (κ2) is 5.84. The lowest BCUT2D eigenvalue weighted by Crippen LogP contribution is -2.04. The molecule has 112 valence electrons. The number of benzene rings is 2. The van der Waals surface area contributed by atoms with Crippen LogP contribution in [0.5, 0.6) is 0 Å². The highest BCUT2D eigenvalue weighted by atomic mass is 32.2. The molecule has 0 N–H and O–H groups in total. The van der Waals surface area contributed by atoms with Gasteiger partial charge in [0.1, 0.15) is 0 Å². The molecule has 0 radical (unpaired) electrons. The number of rotatable bonds is 3. The van der Waals surface area contributed by atoms with Gasteiger partial charge in [0.25, 0.3) is 0 Å². The van der Waals surface area contributed by atoms with Gasteiger partial charge in [-0.1, -0.05) is 47.3 Å². The van der Waals surface area contributed by atoms with Crippen molar-refractivity contribution in [3.8, 4) is 11.4 Å². The monoisotopic (exact) mass is 322 g/mol. The standard InChI is InChI=1S/C15H9F3N2OS/c16-15(17,18)14-19-13(20-21-14)10-5-4-8-12(9-10)22-11-6-2-1-3-7-11/h1-9H. The topological polar surface area (TPSA) is 38.9 Å². The Bertz CT molecular complexity index is 772. The first-order valence-electron chi connectivity index (χ1n) is 6.26. The summed E-state index contributed by atoms with van der Waals surface area (Å²) >= 11 is 1.50. The molecule has 0 aliphatic rings. The zero-order valence-electron chi connectivity index (χ0n) is 11.0. The maximum atomic E-state index is 12.5. The van der Waals surface area contributed by atoms with Crippen LogP contribution in [0.1, 0.15) is 5.89 Å². The van der Waals surface area contributed by atoms with E-state index in [0.717, 1.165) is 9.79 Å². The summed E-state index contributed by atoms with van der Waals surface area (Å²) in [5.74, 6) is -1.42. The van der Waals surface area contributed by atoms with Crippen LogP contribution < -0.4 is 0 Å². The van der Waals surface area contributed by atoms with Gasteiger partial charge in [-0.15, -0.1) is 0 Å². The third-order valence-electron chi connectivity index (χ3n) is 2.74. The molecule has 0 aliphatic carbocycles. The lowest BCUT2D eigenvalue weighted by atomic mass is 10.2. The predicted octanol–water partition coefficient (Wildman–Crippen LogP) is 4.91. The maximum absolute atomic E-state index is 12.5. The Balaban J connectivity index is 1.86. The number of hydrogen-bond donors (Lipinski definition) is 0. The first kappa shape index (κ1) is 14.6. The summed E-state index contributed by atoms with van der Waals surface area (Å²) in [6.45, 7) is 0. The van der Waals surface area contributed by atoms with Crippen molar-refractivity contribution in [2.24, 2.45) is 0 Å². The van der Waals surface area contributed by atoms with E-state index in [-0.39, 0.29) is 5.82 Å². The van der Waals surface area contributed by atoms with Gasteiger partial charge in [0, 0.05) is 15.4 Å². The van der Waals surface area contributed by atoms with Gasteiger partial charge < -0.3 is 4.52 Å². The molecule has 3 nitrogen and oxygen atoms in total. The van der Waals surface area contributed by atoms with Crippen molar-refractivity contribution in [3.63, 3.8) is 0 Å². The van der Waals surface area contributed by atoms with Gasteiger partial charge in [-0.3, -0.25) is 0 Å². The lowest BCUT2D eigenvalue weighted by molar-refractivity contribution is -0.159. The van der Waals surface area contributed by atoms with Crippen LogP contribution in [0.2, 0.25) is 0 Å². The van der Waals surface area contributed by atoms with E-state index in [1.165, 1.54) is 11.8 Å². The molecule has 0 saturated carbocycles. The highest BCUT2D eigenvalue weighted by Gasteiger charge is 2.38. The van der Waals surface area contributed by atoms with E-state index in [9.17, 15) is 13.2 Å². The summed E-state index contributed by atoms with van der Waals surface area (Å²) in [5.41, 5.74) is 0.472. The maximum Gasteiger partial charge on any atom is 0.471 e. The molecule has 0 saturated heterocycles. The normalized spacial score (nSPS) is 11.6. The minimum absolute atomic E-state index is 0.0807. The van der Waals surface area contributed by atoms with Crippen molar-refractivity contribution in [2.75, 3.05) is 0 Å². The van der Waals surface area contributed by atoms with Crippen LogP contribution in [0.3, 0.4) is 0 Å². The number of alkyl halides is 3. The Morgan fingerprint density at radius 3 is 2.32 bits per heavy atom. The molecule has 3 rings (SSSR count). The SMILES string of the molecule is FC(F)(F)c1nc(-c2cccc(Sc3ccccc3)c2)no1. The molecule has 22 heavy (non-hydrogen) atoms. The molecule has 2 aromatic carbocycles. The number of hydrogen-bond acceptors (Lipinski definition) is 4. The highest BCUT2D eigenvalue weighted by Crippen LogP contribution is 2.32. The zero-order valence-corrected chi connectivity index (χ0v) is 11.9. The van der Waals surface area contributed by atoms with Crippen LogP contribution in [0.25, 0.3) is 11.4 Å². The van der Waals surface area contributed by atoms with Gasteiger partial charge >= 0.3 is 12.1 Å². The van der Waals surface area contributed by atoms with Crippen molar-refractivity contribution in [1.29, 1.82) is 0 Å². The fourth-order valence-electron chi connectivity index (χ4n) is 1.78. The fraction of sp³-hybridized carbons (Fsp3) is 0.0667. The second-order valence-electron chi connectivity index (χ2n) is 4.36. The third-order valence-corrected chi connectivity index (χ3v) is 3.74. The van der Waals surface area contributed by atoms with Crippen LogP contribution in [-0.4, -0.2) is 10.1 Å². The fourth-order valence-corrected chi connectivity index (χ4v) is 2.68. The Labute approximate surface area is 128 Å². The van der Waals surface area contributed by atoms with Gasteiger partial charge in [-0.2, -0.15) is 18.2 Å². The summed E-state index contributed by atoms with van der Waals surface area (Å²) in [6, 6.07) is 16.6. The summed E-state index contributed by atoms with van der Waals surface area (Å²) in [4.78, 5) is 5.30. The van der Waals surface area contributed by atoms with E-state index in [1.807, 2.05) is 36.4 Å². The smallest absolute Gasteiger partial charge is 0.329 e. The zero-order chi connectivity index (χ0) is 15.6. The Hall–Kier alpha value is -2.28. The Morgan fingerprint density at radius 2 is 1.64 bits per heavy atom. The quantitative estimate of drug-likeness (QED) is 0.687. The van der Waals surface area contributed by atoms with Crippen molar-refractivity contribution in [1.82, 2.24) is 10.1 Å². The van der Waals surface area contributed by atoms with Gasteiger partial charge in [0.05, 0.1) is 0 Å². The molecule has 1 aromatic heterocycles. The minimum Gasteiger partial charge on any atom is -0.329 e. The van der Waals surface area contributed by atoms with Gasteiger partial charge in [0.2, 0.25) is 5.82 Å². The molecule has 0 spiro atoms. The second-order valence-corrected chi connectivity index (χ2v) is 5.51. The molecule has 1 heterocycles. The Kier molecular flexibility index (Phi) is 3.89. The van der Waals surface area contributed by atoms with Gasteiger partial charge in [-0.25, -0.2) is 0 Å². The molecule has 0 amide bonds. The Morgan fingerprint density at radius 1 is 0.909 bits per heavy atom. The number of nitrogens with zero attached hydrogens (tertiary/aromatic N) is 2. The van der Waals surface area contributed by atoms with E-state index in [0.29, 0.717) is 5.56 Å². The molecule has 0 bridgehead atoms. The minimum atomic E-state index is -4.64. The summed E-state index contributed by atoms with van der Waals surface area (Å²) in [6.07, 6.45) is -4.64. The van der Waals surface area contributed by atoms with Crippen molar-refractivity contribution >= 4 is 11.8 Å². The van der Waals surface area contributed by atoms with Crippen LogP contribution in [-0.2, 0) is 6.18 Å². The van der Waals surface area contributed by atoms with E-state index >= 15 is 0 Å². The lowest BCUT2D eigenvalue weighted by Gasteiger charge is -2.02. The van der Waals surface area contributed by atoms with Crippen LogP contribution >= 0.6 is 11.8 Å². The summed E-state index contributed by atoms with van der Waals surface area (Å²) in [5, 5.41) is 3.39. The summed E-state index contributed by atoms with van der Waals surface area (Å²) < 4.78 is 41.7. The molecule has 0 fully saturated rings. The highest BCUT2D eigenvalue weighted by molar-refractivity contribution is 7.99. The first-order chi connectivity index (χ1) is 10.5. The molecular weight excluding hydrogens is 313 g/mol. The molecule has 0 unspecified atom stereocenters. The average molecular weight is 322 g/mol. The third kappa shape index (κ3) is 3.30. The first-order valence-corrected chi connectivity index (χ1v) is 7.08. The van der Waals surface area contributed by atoms with Crippen LogP contribution in [0, 0.1) is 0 Å². The average Bonchev–Trinajstić information content (AvgIpc) is 2.99. The number of halogens is 3. The van der Waals surface area contributed by atoms with Gasteiger partial charge in [0.15, 0.2) is 0 Å². The van der Waals surface area contributed by atoms with E-state index in [2.05, 4.69) is 14.7 Å². The molecule has 7 heteroatoms. The largest absolute Gasteiger partial charge is 0.471 e. The molecular formula is C15H9F3N2OS. The van der Waals surface area contributed by atoms with Gasteiger partial charge in [-0.05, 0) is 24.3 Å². The molecule has 3 aromatic rings. The van der Waals surface area contributed by atoms with Crippen molar-refractivity contribution in [2.45, 2.75) is 16.0 Å². The molecule has 0 atom stereocenters. The van der Waals surface area contributed by atoms with E-state index < -0.39 is 12.1 Å². The molecule has 0 aliphatic heterocycles. The van der Waals surface area contributed by atoms with Crippen molar-refractivity contribution in [3.05, 3.63) is 60.5 Å². The van der Waals surface area contributed by atoms with E-state index in [1.54, 1.807) is 18.2 Å². The van der Waals surface area contributed by atoms with E-state index in [4.69, 9.17) is 0 Å². The summed E-state index contributed by atoms with van der Waals surface area (Å²) in [7, 11) is 0. The van der Waals surface area contributed by atoms with Crippen molar-refractivity contribution < 1.29 is 17.7 Å². The number of aromatic nitrogens is 2. The predicted molar refractivity (Wildman–Crippen MR) is 75.3 cm³/mol. The van der Waals surface area contributed by atoms with Crippen LogP contribution in [0.4, 0.5) is 13.2 Å².